The van der Waals surface area contributed by atoms with Gasteiger partial charge in [0.15, 0.2) is 0 Å². The molecule has 1 unspecified atom stereocenters. The molecule has 2 heterocycles. The molecular weight excluding hydrogens is 520 g/mol. The molecule has 4 rings (SSSR count). The molecule has 1 saturated heterocycles. The third-order valence-corrected chi connectivity index (χ3v) is 6.52. The van der Waals surface area contributed by atoms with Gasteiger partial charge in [0, 0.05) is 60.6 Å². The van der Waals surface area contributed by atoms with Crippen LogP contribution in [0.3, 0.4) is 0 Å². The van der Waals surface area contributed by atoms with Crippen molar-refractivity contribution in [2.45, 2.75) is 5.92 Å². The van der Waals surface area contributed by atoms with E-state index in [1.54, 1.807) is 36.4 Å². The Morgan fingerprint density at radius 1 is 1.13 bits per heavy atom. The molecule has 8 nitrogen and oxygen atoms in total. The van der Waals surface area contributed by atoms with Crippen LogP contribution in [0.4, 0.5) is 14.5 Å². The lowest BCUT2D eigenvalue weighted by molar-refractivity contribution is -0.120. The SMILES string of the molecule is COCCOc1ncccc1N1C[C@@H](c2c(F)cc(OC)cc2F)C(CNC(=O)c2ccc(Cl)cc2)C1=O. The van der Waals surface area contributed by atoms with Crippen LogP contribution in [0.1, 0.15) is 21.8 Å². The normalized spacial score (nSPS) is 17.0. The van der Waals surface area contributed by atoms with Gasteiger partial charge in [-0.25, -0.2) is 13.8 Å². The minimum Gasteiger partial charge on any atom is -0.497 e. The number of amides is 2. The Hall–Kier alpha value is -3.76. The van der Waals surface area contributed by atoms with E-state index in [0.29, 0.717) is 22.9 Å². The van der Waals surface area contributed by atoms with Gasteiger partial charge in [-0.2, -0.15) is 0 Å². The molecule has 1 aliphatic rings. The van der Waals surface area contributed by atoms with Gasteiger partial charge in [0.1, 0.15) is 29.7 Å². The summed E-state index contributed by atoms with van der Waals surface area (Å²) in [5, 5.41) is 3.18. The second-order valence-corrected chi connectivity index (χ2v) is 8.99. The summed E-state index contributed by atoms with van der Waals surface area (Å²) in [5.74, 6) is -4.30. The summed E-state index contributed by atoms with van der Waals surface area (Å²) in [4.78, 5) is 32.0. The van der Waals surface area contributed by atoms with Crippen LogP contribution in [-0.2, 0) is 9.53 Å². The number of halogens is 3. The van der Waals surface area contributed by atoms with Gasteiger partial charge in [-0.1, -0.05) is 11.6 Å². The Morgan fingerprint density at radius 2 is 1.84 bits per heavy atom. The number of nitrogens with zero attached hydrogens (tertiary/aromatic N) is 2. The first-order valence-electron chi connectivity index (χ1n) is 11.8. The summed E-state index contributed by atoms with van der Waals surface area (Å²) >= 11 is 5.90. The van der Waals surface area contributed by atoms with E-state index in [4.69, 9.17) is 25.8 Å². The number of pyridine rings is 1. The molecule has 0 aliphatic carbocycles. The van der Waals surface area contributed by atoms with Crippen molar-refractivity contribution in [3.8, 4) is 11.6 Å². The molecule has 11 heteroatoms. The second kappa shape index (κ2) is 12.2. The van der Waals surface area contributed by atoms with Gasteiger partial charge in [0.05, 0.1) is 19.6 Å². The fourth-order valence-corrected chi connectivity index (χ4v) is 4.51. The predicted molar refractivity (Wildman–Crippen MR) is 137 cm³/mol. The Labute approximate surface area is 223 Å². The van der Waals surface area contributed by atoms with Gasteiger partial charge in [0.25, 0.3) is 5.91 Å². The van der Waals surface area contributed by atoms with Gasteiger partial charge in [0.2, 0.25) is 11.8 Å². The smallest absolute Gasteiger partial charge is 0.251 e. The Kier molecular flexibility index (Phi) is 8.75. The van der Waals surface area contributed by atoms with E-state index in [1.807, 2.05) is 0 Å². The van der Waals surface area contributed by atoms with Crippen molar-refractivity contribution in [2.24, 2.45) is 5.92 Å². The summed E-state index contributed by atoms with van der Waals surface area (Å²) in [6.45, 7) is 0.266. The number of methoxy groups -OCH3 is 2. The van der Waals surface area contributed by atoms with Crippen LogP contribution in [-0.4, -0.2) is 57.3 Å². The highest BCUT2D eigenvalue weighted by Gasteiger charge is 2.45. The molecule has 0 spiro atoms. The minimum atomic E-state index is -0.976. The van der Waals surface area contributed by atoms with Crippen molar-refractivity contribution in [3.05, 3.63) is 82.5 Å². The highest BCUT2D eigenvalue weighted by Crippen LogP contribution is 2.41. The zero-order valence-corrected chi connectivity index (χ0v) is 21.5. The van der Waals surface area contributed by atoms with Crippen LogP contribution >= 0.6 is 11.6 Å². The monoisotopic (exact) mass is 545 g/mol. The maximum atomic E-state index is 15.2. The van der Waals surface area contributed by atoms with Gasteiger partial charge >= 0.3 is 0 Å². The number of nitrogens with one attached hydrogen (secondary N) is 1. The summed E-state index contributed by atoms with van der Waals surface area (Å²) in [7, 11) is 2.83. The topological polar surface area (TPSA) is 90.0 Å². The van der Waals surface area contributed by atoms with Crippen molar-refractivity contribution in [1.29, 1.82) is 0 Å². The number of carbonyl (C=O) groups excluding carboxylic acids is 2. The van der Waals surface area contributed by atoms with Crippen LogP contribution in [0.5, 0.6) is 11.6 Å². The third-order valence-electron chi connectivity index (χ3n) is 6.26. The van der Waals surface area contributed by atoms with Gasteiger partial charge in [-0.15, -0.1) is 0 Å². The molecule has 1 N–H and O–H groups in total. The molecule has 38 heavy (non-hydrogen) atoms. The highest BCUT2D eigenvalue weighted by molar-refractivity contribution is 6.30. The summed E-state index contributed by atoms with van der Waals surface area (Å²) in [6, 6.07) is 11.6. The van der Waals surface area contributed by atoms with Gasteiger partial charge < -0.3 is 24.4 Å². The molecule has 1 aliphatic heterocycles. The molecule has 0 saturated carbocycles. The van der Waals surface area contributed by atoms with Crippen molar-refractivity contribution in [3.63, 3.8) is 0 Å². The Bertz CT molecular complexity index is 1290. The standard InChI is InChI=1S/C27H26ClF2N3O5/c1-36-10-11-38-26-23(4-3-9-31-26)33-15-20(24-21(29)12-18(37-2)13-22(24)30)19(27(33)35)14-32-25(34)16-5-7-17(28)8-6-16/h3-9,12-13,19-20H,10-11,14-15H2,1-2H3,(H,32,34)/t19?,20-/m1/s1. The van der Waals surface area contributed by atoms with E-state index in [9.17, 15) is 9.59 Å². The number of carbonyl (C=O) groups is 2. The van der Waals surface area contributed by atoms with E-state index in [0.717, 1.165) is 12.1 Å². The van der Waals surface area contributed by atoms with Crippen LogP contribution < -0.4 is 19.7 Å². The maximum Gasteiger partial charge on any atom is 0.251 e. The summed E-state index contributed by atoms with van der Waals surface area (Å²) in [6.07, 6.45) is 1.51. The molecular formula is C27H26ClF2N3O5. The Balaban J connectivity index is 1.66. The minimum absolute atomic E-state index is 0.0126. The number of hydrogen-bond donors (Lipinski definition) is 1. The summed E-state index contributed by atoms with van der Waals surface area (Å²) in [5.41, 5.74) is 0.411. The zero-order valence-electron chi connectivity index (χ0n) is 20.7. The van der Waals surface area contributed by atoms with E-state index >= 15 is 8.78 Å². The zero-order chi connectivity index (χ0) is 27.2. The van der Waals surface area contributed by atoms with Crippen LogP contribution in [0.2, 0.25) is 5.02 Å². The van der Waals surface area contributed by atoms with E-state index in [2.05, 4.69) is 10.3 Å². The van der Waals surface area contributed by atoms with Crippen molar-refractivity contribution >= 4 is 29.1 Å². The number of benzene rings is 2. The molecule has 2 aromatic carbocycles. The first kappa shape index (κ1) is 27.3. The number of aromatic nitrogens is 1. The first-order chi connectivity index (χ1) is 18.3. The fourth-order valence-electron chi connectivity index (χ4n) is 4.39. The highest BCUT2D eigenvalue weighted by atomic mass is 35.5. The molecule has 2 amide bonds. The van der Waals surface area contributed by atoms with Crippen LogP contribution in [0, 0.1) is 17.6 Å². The Morgan fingerprint density at radius 3 is 2.50 bits per heavy atom. The van der Waals surface area contributed by atoms with Gasteiger partial charge in [-0.3, -0.25) is 9.59 Å². The molecule has 0 bridgehead atoms. The maximum absolute atomic E-state index is 15.2. The molecule has 1 aromatic heterocycles. The average molecular weight is 546 g/mol. The van der Waals surface area contributed by atoms with E-state index in [-0.39, 0.29) is 36.9 Å². The summed E-state index contributed by atoms with van der Waals surface area (Å²) < 4.78 is 46.0. The lowest BCUT2D eigenvalue weighted by atomic mass is 9.87. The molecule has 1 fully saturated rings. The average Bonchev–Trinajstić information content (AvgIpc) is 3.22. The fraction of sp³-hybridized carbons (Fsp3) is 0.296. The van der Waals surface area contributed by atoms with Crippen LogP contribution in [0.25, 0.3) is 0 Å². The lowest BCUT2D eigenvalue weighted by Crippen LogP contribution is -2.36. The number of ether oxygens (including phenoxy) is 3. The molecule has 0 radical (unpaired) electrons. The van der Waals surface area contributed by atoms with Crippen molar-refractivity contribution in [2.75, 3.05) is 45.4 Å². The number of anilines is 1. The molecule has 3 aromatic rings. The predicted octanol–water partition coefficient (Wildman–Crippen LogP) is 4.22. The van der Waals surface area contributed by atoms with E-state index < -0.39 is 35.3 Å². The van der Waals surface area contributed by atoms with Crippen molar-refractivity contribution < 1.29 is 32.6 Å². The van der Waals surface area contributed by atoms with Crippen LogP contribution in [0.15, 0.2) is 54.7 Å². The third kappa shape index (κ3) is 5.87. The first-order valence-corrected chi connectivity index (χ1v) is 12.2. The van der Waals surface area contributed by atoms with E-state index in [1.165, 1.54) is 25.3 Å². The van der Waals surface area contributed by atoms with Crippen molar-refractivity contribution in [1.82, 2.24) is 10.3 Å². The number of rotatable bonds is 10. The molecule has 2 atom stereocenters. The number of hydrogen-bond acceptors (Lipinski definition) is 6. The molecule has 200 valence electrons. The lowest BCUT2D eigenvalue weighted by Gasteiger charge is -2.20. The van der Waals surface area contributed by atoms with Gasteiger partial charge in [-0.05, 0) is 36.4 Å². The second-order valence-electron chi connectivity index (χ2n) is 8.55. The largest absolute Gasteiger partial charge is 0.497 e. The quantitative estimate of drug-likeness (QED) is 0.384.